The predicted molar refractivity (Wildman–Crippen MR) is 64.7 cm³/mol. The molecule has 2 N–H and O–H groups in total. The second-order valence-electron chi connectivity index (χ2n) is 4.08. The summed E-state index contributed by atoms with van der Waals surface area (Å²) in [5.41, 5.74) is 0. The summed E-state index contributed by atoms with van der Waals surface area (Å²) in [7, 11) is -4.02. The standard InChI is InChI=1S/C11H16F2N2O2S/c1-8(2)14-5-6-15-18(16,17)11-7-9(12)3-4-10(11)13/h3-4,7-8,14-15H,5-6H2,1-2H3. The summed E-state index contributed by atoms with van der Waals surface area (Å²) in [6.45, 7) is 4.35. The molecule has 4 nitrogen and oxygen atoms in total. The van der Waals surface area contributed by atoms with Crippen molar-refractivity contribution in [1.29, 1.82) is 0 Å². The van der Waals surface area contributed by atoms with Gasteiger partial charge in [-0.25, -0.2) is 21.9 Å². The fourth-order valence-electron chi connectivity index (χ4n) is 1.31. The van der Waals surface area contributed by atoms with Gasteiger partial charge in [0.2, 0.25) is 10.0 Å². The van der Waals surface area contributed by atoms with Gasteiger partial charge >= 0.3 is 0 Å². The molecule has 0 fully saturated rings. The first-order valence-corrected chi connectivity index (χ1v) is 6.99. The summed E-state index contributed by atoms with van der Waals surface area (Å²) in [5.74, 6) is -1.77. The van der Waals surface area contributed by atoms with Crippen molar-refractivity contribution in [1.82, 2.24) is 10.0 Å². The minimum absolute atomic E-state index is 0.108. The van der Waals surface area contributed by atoms with E-state index >= 15 is 0 Å². The van der Waals surface area contributed by atoms with Crippen LogP contribution in [-0.4, -0.2) is 27.5 Å². The topological polar surface area (TPSA) is 58.2 Å². The third-order valence-electron chi connectivity index (χ3n) is 2.15. The van der Waals surface area contributed by atoms with Gasteiger partial charge in [0, 0.05) is 19.1 Å². The average Bonchev–Trinajstić information content (AvgIpc) is 2.27. The first-order chi connectivity index (χ1) is 8.33. The van der Waals surface area contributed by atoms with Crippen LogP contribution in [0.4, 0.5) is 8.78 Å². The van der Waals surface area contributed by atoms with Gasteiger partial charge < -0.3 is 5.32 Å². The molecular weight excluding hydrogens is 262 g/mol. The van der Waals surface area contributed by atoms with Crippen LogP contribution in [0.2, 0.25) is 0 Å². The zero-order valence-electron chi connectivity index (χ0n) is 10.2. The molecule has 0 unspecified atom stereocenters. The highest BCUT2D eigenvalue weighted by molar-refractivity contribution is 7.89. The maximum atomic E-state index is 13.3. The molecule has 1 aromatic rings. The van der Waals surface area contributed by atoms with Gasteiger partial charge in [-0.15, -0.1) is 0 Å². The normalized spacial score (nSPS) is 12.1. The molecule has 0 aliphatic rings. The summed E-state index contributed by atoms with van der Waals surface area (Å²) in [6, 6.07) is 2.54. The molecule has 0 saturated heterocycles. The fourth-order valence-corrected chi connectivity index (χ4v) is 2.43. The molecule has 1 rings (SSSR count). The summed E-state index contributed by atoms with van der Waals surface area (Å²) < 4.78 is 51.8. The number of benzene rings is 1. The highest BCUT2D eigenvalue weighted by Gasteiger charge is 2.19. The molecule has 0 bridgehead atoms. The highest BCUT2D eigenvalue weighted by atomic mass is 32.2. The van der Waals surface area contributed by atoms with Gasteiger partial charge in [-0.2, -0.15) is 0 Å². The van der Waals surface area contributed by atoms with Gasteiger partial charge in [0.15, 0.2) is 0 Å². The van der Waals surface area contributed by atoms with Gasteiger partial charge in [-0.1, -0.05) is 13.8 Å². The lowest BCUT2D eigenvalue weighted by atomic mass is 10.3. The lowest BCUT2D eigenvalue weighted by molar-refractivity contribution is 0.538. The van der Waals surface area contributed by atoms with E-state index in [4.69, 9.17) is 0 Å². The van der Waals surface area contributed by atoms with Crippen molar-refractivity contribution < 1.29 is 17.2 Å². The van der Waals surface area contributed by atoms with Gasteiger partial charge in [-0.05, 0) is 18.2 Å². The monoisotopic (exact) mass is 278 g/mol. The van der Waals surface area contributed by atoms with Crippen LogP contribution in [0.15, 0.2) is 23.1 Å². The van der Waals surface area contributed by atoms with Crippen LogP contribution in [-0.2, 0) is 10.0 Å². The lowest BCUT2D eigenvalue weighted by Gasteiger charge is -2.10. The Bertz CT molecular complexity index is 504. The summed E-state index contributed by atoms with van der Waals surface area (Å²) >= 11 is 0. The van der Waals surface area contributed by atoms with Crippen LogP contribution in [0.1, 0.15) is 13.8 Å². The predicted octanol–water partition coefficient (Wildman–Crippen LogP) is 1.24. The Labute approximate surface area is 105 Å². The van der Waals surface area contributed by atoms with Crippen molar-refractivity contribution in [3.05, 3.63) is 29.8 Å². The van der Waals surface area contributed by atoms with E-state index in [1.807, 2.05) is 13.8 Å². The third-order valence-corrected chi connectivity index (χ3v) is 3.63. The van der Waals surface area contributed by atoms with E-state index in [1.165, 1.54) is 0 Å². The van der Waals surface area contributed by atoms with E-state index < -0.39 is 26.6 Å². The molecule has 18 heavy (non-hydrogen) atoms. The Hall–Kier alpha value is -1.05. The van der Waals surface area contributed by atoms with Crippen molar-refractivity contribution in [2.75, 3.05) is 13.1 Å². The number of hydrogen-bond donors (Lipinski definition) is 2. The molecule has 0 heterocycles. The third kappa shape index (κ3) is 4.32. The van der Waals surface area contributed by atoms with E-state index in [0.29, 0.717) is 12.6 Å². The van der Waals surface area contributed by atoms with Crippen LogP contribution < -0.4 is 10.0 Å². The molecule has 7 heteroatoms. The Balaban J connectivity index is 2.71. The Morgan fingerprint density at radius 1 is 1.22 bits per heavy atom. The van der Waals surface area contributed by atoms with Crippen molar-refractivity contribution in [3.8, 4) is 0 Å². The highest BCUT2D eigenvalue weighted by Crippen LogP contribution is 2.15. The van der Waals surface area contributed by atoms with Crippen LogP contribution in [0.5, 0.6) is 0 Å². The number of rotatable bonds is 6. The molecule has 0 radical (unpaired) electrons. The van der Waals surface area contributed by atoms with Crippen LogP contribution in [0, 0.1) is 11.6 Å². The van der Waals surface area contributed by atoms with E-state index in [9.17, 15) is 17.2 Å². The minimum atomic E-state index is -4.02. The zero-order chi connectivity index (χ0) is 13.8. The first kappa shape index (κ1) is 15.0. The molecular formula is C11H16F2N2O2S. The van der Waals surface area contributed by atoms with Crippen molar-refractivity contribution in [2.24, 2.45) is 0 Å². The largest absolute Gasteiger partial charge is 0.313 e. The second-order valence-corrected chi connectivity index (χ2v) is 5.82. The second kappa shape index (κ2) is 6.21. The SMILES string of the molecule is CC(C)NCCNS(=O)(=O)c1cc(F)ccc1F. The number of nitrogens with one attached hydrogen (secondary N) is 2. The van der Waals surface area contributed by atoms with Gasteiger partial charge in [0.25, 0.3) is 0 Å². The zero-order valence-corrected chi connectivity index (χ0v) is 11.0. The molecule has 0 aliphatic carbocycles. The van der Waals surface area contributed by atoms with Crippen LogP contribution in [0.25, 0.3) is 0 Å². The van der Waals surface area contributed by atoms with E-state index in [-0.39, 0.29) is 12.6 Å². The summed E-state index contributed by atoms with van der Waals surface area (Å²) in [4.78, 5) is -0.674. The average molecular weight is 278 g/mol. The van der Waals surface area contributed by atoms with Crippen LogP contribution in [0.3, 0.4) is 0 Å². The summed E-state index contributed by atoms with van der Waals surface area (Å²) in [5, 5.41) is 3.00. The van der Waals surface area contributed by atoms with Crippen molar-refractivity contribution in [2.45, 2.75) is 24.8 Å². The molecule has 0 aromatic heterocycles. The number of hydrogen-bond acceptors (Lipinski definition) is 3. The number of sulfonamides is 1. The molecule has 0 spiro atoms. The maximum absolute atomic E-state index is 13.3. The maximum Gasteiger partial charge on any atom is 0.243 e. The quantitative estimate of drug-likeness (QED) is 0.770. The summed E-state index contributed by atoms with van der Waals surface area (Å²) in [6.07, 6.45) is 0. The van der Waals surface area contributed by atoms with E-state index in [0.717, 1.165) is 12.1 Å². The van der Waals surface area contributed by atoms with Gasteiger partial charge in [0.1, 0.15) is 16.5 Å². The molecule has 0 aliphatic heterocycles. The molecule has 0 amide bonds. The van der Waals surface area contributed by atoms with Crippen molar-refractivity contribution in [3.63, 3.8) is 0 Å². The molecule has 1 aromatic carbocycles. The Morgan fingerprint density at radius 2 is 1.89 bits per heavy atom. The fraction of sp³-hybridized carbons (Fsp3) is 0.455. The smallest absolute Gasteiger partial charge is 0.243 e. The lowest BCUT2D eigenvalue weighted by Crippen LogP contribution is -2.34. The van der Waals surface area contributed by atoms with Gasteiger partial charge in [-0.3, -0.25) is 0 Å². The first-order valence-electron chi connectivity index (χ1n) is 5.51. The minimum Gasteiger partial charge on any atom is -0.313 e. The Morgan fingerprint density at radius 3 is 2.50 bits per heavy atom. The van der Waals surface area contributed by atoms with Gasteiger partial charge in [0.05, 0.1) is 0 Å². The number of halogens is 2. The van der Waals surface area contributed by atoms with E-state index in [2.05, 4.69) is 10.0 Å². The molecule has 0 saturated carbocycles. The van der Waals surface area contributed by atoms with Crippen LogP contribution >= 0.6 is 0 Å². The Kier molecular flexibility index (Phi) is 5.18. The van der Waals surface area contributed by atoms with Crippen molar-refractivity contribution >= 4 is 10.0 Å². The van der Waals surface area contributed by atoms with E-state index in [1.54, 1.807) is 0 Å². The molecule has 0 atom stereocenters. The molecule has 102 valence electrons.